The summed E-state index contributed by atoms with van der Waals surface area (Å²) in [5, 5.41) is 13.5. The van der Waals surface area contributed by atoms with Crippen molar-refractivity contribution in [3.05, 3.63) is 68.2 Å². The van der Waals surface area contributed by atoms with Gasteiger partial charge in [0.1, 0.15) is 0 Å². The Morgan fingerprint density at radius 1 is 1.27 bits per heavy atom. The molecule has 9 heteroatoms. The molecule has 0 saturated heterocycles. The molecule has 0 aliphatic carbocycles. The summed E-state index contributed by atoms with van der Waals surface area (Å²) in [6.45, 7) is 1.27. The minimum absolute atomic E-state index is 0.0317. The SMILES string of the molecule is CC(NC(=O)COC(=O)c1cc([N+](=O)[O-])ccc1N)c1ccc(Br)cc1. The fraction of sp³-hybridized carbons (Fsp3) is 0.176. The van der Waals surface area contributed by atoms with Crippen molar-refractivity contribution in [1.29, 1.82) is 0 Å². The number of nitro groups is 1. The lowest BCUT2D eigenvalue weighted by atomic mass is 10.1. The highest BCUT2D eigenvalue weighted by Gasteiger charge is 2.18. The lowest BCUT2D eigenvalue weighted by Crippen LogP contribution is -2.31. The number of benzene rings is 2. The number of nitrogen functional groups attached to an aromatic ring is 1. The molecule has 0 spiro atoms. The molecule has 2 aromatic rings. The minimum atomic E-state index is -0.905. The molecule has 8 nitrogen and oxygen atoms in total. The van der Waals surface area contributed by atoms with Gasteiger partial charge in [-0.15, -0.1) is 0 Å². The van der Waals surface area contributed by atoms with Gasteiger partial charge in [-0.1, -0.05) is 28.1 Å². The molecule has 0 bridgehead atoms. The van der Waals surface area contributed by atoms with Gasteiger partial charge in [0.15, 0.2) is 6.61 Å². The summed E-state index contributed by atoms with van der Waals surface area (Å²) in [4.78, 5) is 34.1. The maximum atomic E-state index is 12.0. The van der Waals surface area contributed by atoms with E-state index in [1.165, 1.54) is 12.1 Å². The Labute approximate surface area is 157 Å². The van der Waals surface area contributed by atoms with Crippen molar-refractivity contribution in [3.8, 4) is 0 Å². The standard InChI is InChI=1S/C17H16BrN3O5/c1-10(11-2-4-12(18)5-3-11)20-16(22)9-26-17(23)14-8-13(21(24)25)6-7-15(14)19/h2-8,10H,9,19H2,1H3,(H,20,22). The third-order valence-electron chi connectivity index (χ3n) is 3.55. The second-order valence-electron chi connectivity index (χ2n) is 5.45. The molecule has 2 rings (SSSR count). The van der Waals surface area contributed by atoms with E-state index in [0.717, 1.165) is 16.1 Å². The average Bonchev–Trinajstić information content (AvgIpc) is 2.60. The highest BCUT2D eigenvalue weighted by molar-refractivity contribution is 9.10. The van der Waals surface area contributed by atoms with E-state index in [2.05, 4.69) is 21.2 Å². The van der Waals surface area contributed by atoms with Crippen molar-refractivity contribution in [2.75, 3.05) is 12.3 Å². The van der Waals surface area contributed by atoms with Crippen molar-refractivity contribution in [1.82, 2.24) is 5.32 Å². The number of carbonyl (C=O) groups is 2. The smallest absolute Gasteiger partial charge is 0.341 e. The molecular formula is C17H16BrN3O5. The largest absolute Gasteiger partial charge is 0.452 e. The van der Waals surface area contributed by atoms with Gasteiger partial charge in [-0.2, -0.15) is 0 Å². The predicted molar refractivity (Wildman–Crippen MR) is 98.5 cm³/mol. The number of hydrogen-bond acceptors (Lipinski definition) is 6. The van der Waals surface area contributed by atoms with Gasteiger partial charge in [0.05, 0.1) is 16.5 Å². The summed E-state index contributed by atoms with van der Waals surface area (Å²) in [6, 6.07) is 10.6. The molecule has 1 atom stereocenters. The number of rotatable bonds is 6. The number of nitrogens with one attached hydrogen (secondary N) is 1. The van der Waals surface area contributed by atoms with Gasteiger partial charge in [-0.25, -0.2) is 4.79 Å². The van der Waals surface area contributed by atoms with E-state index in [0.29, 0.717) is 0 Å². The second-order valence-corrected chi connectivity index (χ2v) is 6.36. The molecule has 26 heavy (non-hydrogen) atoms. The quantitative estimate of drug-likeness (QED) is 0.319. The van der Waals surface area contributed by atoms with Crippen LogP contribution in [0.5, 0.6) is 0 Å². The number of nitrogens with two attached hydrogens (primary N) is 1. The number of nitro benzene ring substituents is 1. The first-order chi connectivity index (χ1) is 12.3. The molecule has 0 radical (unpaired) electrons. The van der Waals surface area contributed by atoms with Crippen LogP contribution >= 0.6 is 15.9 Å². The van der Waals surface area contributed by atoms with E-state index in [-0.39, 0.29) is 23.0 Å². The van der Waals surface area contributed by atoms with Crippen LogP contribution in [0.15, 0.2) is 46.9 Å². The van der Waals surface area contributed by atoms with Crippen LogP contribution in [0.25, 0.3) is 0 Å². The van der Waals surface area contributed by atoms with Gasteiger partial charge in [-0.05, 0) is 30.7 Å². The van der Waals surface area contributed by atoms with Crippen LogP contribution in [-0.4, -0.2) is 23.4 Å². The summed E-state index contributed by atoms with van der Waals surface area (Å²) in [5.41, 5.74) is 6.10. The van der Waals surface area contributed by atoms with E-state index in [1.54, 1.807) is 6.92 Å². The van der Waals surface area contributed by atoms with Crippen LogP contribution in [0.2, 0.25) is 0 Å². The first-order valence-electron chi connectivity index (χ1n) is 7.54. The first-order valence-corrected chi connectivity index (χ1v) is 8.33. The molecule has 1 unspecified atom stereocenters. The maximum absolute atomic E-state index is 12.0. The Bertz CT molecular complexity index is 839. The monoisotopic (exact) mass is 421 g/mol. The Kier molecular flexibility index (Phi) is 6.29. The normalized spacial score (nSPS) is 11.5. The number of ether oxygens (including phenoxy) is 1. The van der Waals surface area contributed by atoms with Gasteiger partial charge in [0.2, 0.25) is 0 Å². The summed E-state index contributed by atoms with van der Waals surface area (Å²) in [6.07, 6.45) is 0. The van der Waals surface area contributed by atoms with Crippen LogP contribution in [0.4, 0.5) is 11.4 Å². The van der Waals surface area contributed by atoms with Crippen molar-refractivity contribution >= 4 is 39.2 Å². The molecule has 0 aliphatic heterocycles. The van der Waals surface area contributed by atoms with E-state index in [1.807, 2.05) is 24.3 Å². The topological polar surface area (TPSA) is 125 Å². The summed E-state index contributed by atoms with van der Waals surface area (Å²) >= 11 is 3.33. The van der Waals surface area contributed by atoms with Crippen molar-refractivity contribution in [2.24, 2.45) is 0 Å². The summed E-state index contributed by atoms with van der Waals surface area (Å²) < 4.78 is 5.82. The van der Waals surface area contributed by atoms with E-state index in [9.17, 15) is 19.7 Å². The van der Waals surface area contributed by atoms with Gasteiger partial charge in [0, 0.05) is 22.3 Å². The Hall–Kier alpha value is -2.94. The second kappa shape index (κ2) is 8.43. The van der Waals surface area contributed by atoms with Crippen molar-refractivity contribution in [3.63, 3.8) is 0 Å². The molecule has 0 aromatic heterocycles. The molecule has 1 amide bonds. The van der Waals surface area contributed by atoms with Crippen LogP contribution < -0.4 is 11.1 Å². The summed E-state index contributed by atoms with van der Waals surface area (Å²) in [5.74, 6) is -1.41. The Morgan fingerprint density at radius 3 is 2.54 bits per heavy atom. The number of esters is 1. The van der Waals surface area contributed by atoms with Gasteiger partial charge >= 0.3 is 5.97 Å². The zero-order chi connectivity index (χ0) is 19.3. The minimum Gasteiger partial charge on any atom is -0.452 e. The number of halogens is 1. The van der Waals surface area contributed by atoms with Crippen molar-refractivity contribution < 1.29 is 19.2 Å². The summed E-state index contributed by atoms with van der Waals surface area (Å²) in [7, 11) is 0. The number of anilines is 1. The van der Waals surface area contributed by atoms with E-state index < -0.39 is 23.4 Å². The molecule has 0 heterocycles. The number of nitrogens with zero attached hydrogens (tertiary/aromatic N) is 1. The van der Waals surface area contributed by atoms with Gasteiger partial charge in [0.25, 0.3) is 11.6 Å². The lowest BCUT2D eigenvalue weighted by molar-refractivity contribution is -0.384. The highest BCUT2D eigenvalue weighted by atomic mass is 79.9. The number of non-ortho nitro benzene ring substituents is 1. The van der Waals surface area contributed by atoms with Crippen molar-refractivity contribution in [2.45, 2.75) is 13.0 Å². The number of amides is 1. The van der Waals surface area contributed by atoms with Gasteiger partial charge < -0.3 is 15.8 Å². The van der Waals surface area contributed by atoms with Crippen LogP contribution in [0, 0.1) is 10.1 Å². The molecular weight excluding hydrogens is 406 g/mol. The Balaban J connectivity index is 1.94. The average molecular weight is 422 g/mol. The highest BCUT2D eigenvalue weighted by Crippen LogP contribution is 2.20. The molecule has 0 fully saturated rings. The van der Waals surface area contributed by atoms with E-state index >= 15 is 0 Å². The van der Waals surface area contributed by atoms with Gasteiger partial charge in [-0.3, -0.25) is 14.9 Å². The third-order valence-corrected chi connectivity index (χ3v) is 4.08. The molecule has 3 N–H and O–H groups in total. The first kappa shape index (κ1) is 19.4. The van der Waals surface area contributed by atoms with Crippen LogP contribution in [0.1, 0.15) is 28.9 Å². The lowest BCUT2D eigenvalue weighted by Gasteiger charge is -2.14. The zero-order valence-electron chi connectivity index (χ0n) is 13.8. The predicted octanol–water partition coefficient (Wildman–Crippen LogP) is 2.97. The van der Waals surface area contributed by atoms with Crippen LogP contribution in [0.3, 0.4) is 0 Å². The third kappa shape index (κ3) is 5.03. The fourth-order valence-corrected chi connectivity index (χ4v) is 2.43. The fourth-order valence-electron chi connectivity index (χ4n) is 2.16. The molecule has 136 valence electrons. The molecule has 0 aliphatic rings. The number of hydrogen-bond donors (Lipinski definition) is 2. The van der Waals surface area contributed by atoms with Crippen LogP contribution in [-0.2, 0) is 9.53 Å². The Morgan fingerprint density at radius 2 is 1.92 bits per heavy atom. The zero-order valence-corrected chi connectivity index (χ0v) is 15.4. The molecule has 0 saturated carbocycles. The van der Waals surface area contributed by atoms with E-state index in [4.69, 9.17) is 10.5 Å². The maximum Gasteiger partial charge on any atom is 0.341 e. The number of carbonyl (C=O) groups excluding carboxylic acids is 2. The molecule has 2 aromatic carbocycles.